The minimum atomic E-state index is -0.299. The van der Waals surface area contributed by atoms with E-state index in [9.17, 15) is 9.90 Å². The van der Waals surface area contributed by atoms with Crippen molar-refractivity contribution in [1.82, 2.24) is 0 Å². The molecule has 0 saturated heterocycles. The highest BCUT2D eigenvalue weighted by molar-refractivity contribution is 6.15. The number of rotatable bonds is 2. The molecule has 0 aliphatic carbocycles. The fraction of sp³-hybridized carbons (Fsp3) is 0.105. The number of anilines is 1. The van der Waals surface area contributed by atoms with E-state index in [-0.39, 0.29) is 11.7 Å². The summed E-state index contributed by atoms with van der Waals surface area (Å²) in [5.74, 6) is -0.311. The molecule has 0 atom stereocenters. The molecule has 0 unspecified atom stereocenters. The van der Waals surface area contributed by atoms with Crippen molar-refractivity contribution >= 4 is 22.4 Å². The Kier molecular flexibility index (Phi) is 3.55. The van der Waals surface area contributed by atoms with Crippen molar-refractivity contribution in [2.45, 2.75) is 13.8 Å². The van der Waals surface area contributed by atoms with Gasteiger partial charge in [-0.2, -0.15) is 0 Å². The van der Waals surface area contributed by atoms with Gasteiger partial charge in [-0.25, -0.2) is 0 Å². The highest BCUT2D eigenvalue weighted by Crippen LogP contribution is 2.29. The maximum atomic E-state index is 12.7. The third kappa shape index (κ3) is 2.42. The highest BCUT2D eigenvalue weighted by Gasteiger charge is 2.16. The molecule has 0 aliphatic rings. The fourth-order valence-electron chi connectivity index (χ4n) is 2.69. The molecule has 22 heavy (non-hydrogen) atoms. The van der Waals surface area contributed by atoms with Gasteiger partial charge in [0.2, 0.25) is 0 Å². The van der Waals surface area contributed by atoms with Gasteiger partial charge in [0.25, 0.3) is 5.91 Å². The Hall–Kier alpha value is -2.81. The number of hydrogen-bond acceptors (Lipinski definition) is 2. The lowest BCUT2D eigenvalue weighted by Gasteiger charge is -2.13. The number of hydrogen-bond donors (Lipinski definition) is 2. The molecule has 3 rings (SSSR count). The molecule has 0 saturated carbocycles. The molecule has 3 heteroatoms. The van der Waals surface area contributed by atoms with Crippen LogP contribution in [0, 0.1) is 13.8 Å². The van der Waals surface area contributed by atoms with E-state index in [4.69, 9.17) is 0 Å². The van der Waals surface area contributed by atoms with Gasteiger partial charge in [-0.15, -0.1) is 0 Å². The number of phenols is 1. The lowest BCUT2D eigenvalue weighted by molar-refractivity contribution is 0.102. The topological polar surface area (TPSA) is 49.3 Å². The lowest BCUT2D eigenvalue weighted by Crippen LogP contribution is -2.14. The first-order valence-electron chi connectivity index (χ1n) is 7.16. The number of aromatic hydroxyl groups is 1. The van der Waals surface area contributed by atoms with Crippen molar-refractivity contribution < 1.29 is 9.90 Å². The number of nitrogens with one attached hydrogen (secondary N) is 1. The van der Waals surface area contributed by atoms with Crippen LogP contribution in [0.15, 0.2) is 54.6 Å². The molecular weight excluding hydrogens is 274 g/mol. The smallest absolute Gasteiger partial charge is 0.260 e. The Balaban J connectivity index is 2.08. The van der Waals surface area contributed by atoms with Crippen LogP contribution in [0.5, 0.6) is 5.75 Å². The summed E-state index contributed by atoms with van der Waals surface area (Å²) in [4.78, 5) is 12.7. The molecule has 2 N–H and O–H groups in total. The number of benzene rings is 3. The Bertz CT molecular complexity index is 848. The number of aryl methyl sites for hydroxylation is 2. The minimum absolute atomic E-state index is 0.0116. The number of phenolic OH excluding ortho intramolecular Hbond substituents is 1. The van der Waals surface area contributed by atoms with Crippen LogP contribution in [0.1, 0.15) is 21.5 Å². The Labute approximate surface area is 129 Å². The van der Waals surface area contributed by atoms with Crippen LogP contribution in [0.25, 0.3) is 10.8 Å². The van der Waals surface area contributed by atoms with Crippen LogP contribution in [0.3, 0.4) is 0 Å². The summed E-state index contributed by atoms with van der Waals surface area (Å²) in [6.45, 7) is 3.90. The van der Waals surface area contributed by atoms with Gasteiger partial charge in [-0.05, 0) is 41.8 Å². The molecule has 0 fully saturated rings. The van der Waals surface area contributed by atoms with Crippen molar-refractivity contribution in [2.75, 3.05) is 5.32 Å². The van der Waals surface area contributed by atoms with E-state index in [1.807, 2.05) is 56.3 Å². The normalized spacial score (nSPS) is 10.6. The van der Waals surface area contributed by atoms with Gasteiger partial charge in [0.05, 0.1) is 5.56 Å². The predicted octanol–water partition coefficient (Wildman–Crippen LogP) is 4.41. The van der Waals surface area contributed by atoms with Crippen LogP contribution < -0.4 is 5.32 Å². The van der Waals surface area contributed by atoms with Crippen LogP contribution >= 0.6 is 0 Å². The van der Waals surface area contributed by atoms with Gasteiger partial charge in [0.15, 0.2) is 0 Å². The summed E-state index contributed by atoms with van der Waals surface area (Å²) in [5.41, 5.74) is 3.08. The number of amides is 1. The monoisotopic (exact) mass is 291 g/mol. The summed E-state index contributed by atoms with van der Waals surface area (Å²) >= 11 is 0. The molecule has 0 radical (unpaired) electrons. The van der Waals surface area contributed by atoms with Crippen LogP contribution in [-0.4, -0.2) is 11.0 Å². The van der Waals surface area contributed by atoms with E-state index in [0.29, 0.717) is 5.56 Å². The van der Waals surface area contributed by atoms with Gasteiger partial charge < -0.3 is 10.4 Å². The first kappa shape index (κ1) is 14.1. The lowest BCUT2D eigenvalue weighted by atomic mass is 10.0. The van der Waals surface area contributed by atoms with E-state index >= 15 is 0 Å². The third-order valence-corrected chi connectivity index (χ3v) is 3.85. The van der Waals surface area contributed by atoms with Crippen molar-refractivity contribution in [2.24, 2.45) is 0 Å². The summed E-state index contributed by atoms with van der Waals surface area (Å²) in [6, 6.07) is 16.7. The third-order valence-electron chi connectivity index (χ3n) is 3.85. The molecule has 0 bridgehead atoms. The van der Waals surface area contributed by atoms with Gasteiger partial charge in [0.1, 0.15) is 5.75 Å². The van der Waals surface area contributed by atoms with Crippen molar-refractivity contribution in [3.63, 3.8) is 0 Å². The van der Waals surface area contributed by atoms with Gasteiger partial charge in [-0.1, -0.05) is 48.5 Å². The summed E-state index contributed by atoms with van der Waals surface area (Å²) in [6.07, 6.45) is 0. The fourth-order valence-corrected chi connectivity index (χ4v) is 2.69. The molecular formula is C19H17NO2. The predicted molar refractivity (Wildman–Crippen MR) is 89.5 cm³/mol. The Morgan fingerprint density at radius 2 is 1.59 bits per heavy atom. The Morgan fingerprint density at radius 1 is 0.909 bits per heavy atom. The first-order valence-corrected chi connectivity index (χ1v) is 7.16. The summed E-state index contributed by atoms with van der Waals surface area (Å²) in [5, 5.41) is 14.7. The number of carbonyl (C=O) groups excluding carboxylic acids is 1. The molecule has 3 aromatic rings. The summed E-state index contributed by atoms with van der Waals surface area (Å²) in [7, 11) is 0. The molecule has 0 heterocycles. The van der Waals surface area contributed by atoms with Crippen LogP contribution in [0.4, 0.5) is 5.69 Å². The average molecular weight is 291 g/mol. The standard InChI is InChI=1S/C19H17NO2/c1-12-6-5-7-13(2)18(12)20-19(22)17-15-9-4-3-8-14(15)10-11-16(17)21/h3-11,21H,1-2H3,(H,20,22). The number of fused-ring (bicyclic) bond motifs is 1. The Morgan fingerprint density at radius 3 is 2.32 bits per heavy atom. The minimum Gasteiger partial charge on any atom is -0.507 e. The second-order valence-corrected chi connectivity index (χ2v) is 5.40. The van der Waals surface area contributed by atoms with Gasteiger partial charge in [-0.3, -0.25) is 4.79 Å². The SMILES string of the molecule is Cc1cccc(C)c1NC(=O)c1c(O)ccc2ccccc12. The van der Waals surface area contributed by atoms with Crippen molar-refractivity contribution in [1.29, 1.82) is 0 Å². The zero-order chi connectivity index (χ0) is 15.7. The number of para-hydroxylation sites is 1. The highest BCUT2D eigenvalue weighted by atomic mass is 16.3. The molecule has 0 spiro atoms. The molecule has 3 aromatic carbocycles. The van der Waals surface area contributed by atoms with Crippen molar-refractivity contribution in [3.05, 3.63) is 71.3 Å². The molecule has 1 amide bonds. The van der Waals surface area contributed by atoms with Crippen molar-refractivity contribution in [3.8, 4) is 5.75 Å². The average Bonchev–Trinajstić information content (AvgIpc) is 2.51. The second-order valence-electron chi connectivity index (χ2n) is 5.40. The number of carbonyl (C=O) groups is 1. The second kappa shape index (κ2) is 5.53. The maximum Gasteiger partial charge on any atom is 0.260 e. The maximum absolute atomic E-state index is 12.7. The van der Waals surface area contributed by atoms with E-state index in [1.54, 1.807) is 12.1 Å². The van der Waals surface area contributed by atoms with Gasteiger partial charge >= 0.3 is 0 Å². The van der Waals surface area contributed by atoms with Crippen LogP contribution in [0.2, 0.25) is 0 Å². The first-order chi connectivity index (χ1) is 10.6. The van der Waals surface area contributed by atoms with E-state index in [0.717, 1.165) is 27.6 Å². The largest absolute Gasteiger partial charge is 0.507 e. The molecule has 0 aliphatic heterocycles. The van der Waals surface area contributed by atoms with Crippen LogP contribution in [-0.2, 0) is 0 Å². The van der Waals surface area contributed by atoms with E-state index in [2.05, 4.69) is 5.32 Å². The quantitative estimate of drug-likeness (QED) is 0.734. The molecule has 3 nitrogen and oxygen atoms in total. The summed E-state index contributed by atoms with van der Waals surface area (Å²) < 4.78 is 0. The molecule has 0 aromatic heterocycles. The molecule has 110 valence electrons. The zero-order valence-corrected chi connectivity index (χ0v) is 12.6. The van der Waals surface area contributed by atoms with Gasteiger partial charge in [0, 0.05) is 5.69 Å². The van der Waals surface area contributed by atoms with E-state index < -0.39 is 0 Å². The van der Waals surface area contributed by atoms with E-state index in [1.165, 1.54) is 0 Å². The zero-order valence-electron chi connectivity index (χ0n) is 12.6.